The zero-order valence-corrected chi connectivity index (χ0v) is 17.3. The summed E-state index contributed by atoms with van der Waals surface area (Å²) in [5.74, 6) is 0.218. The molecule has 1 aliphatic heterocycles. The Labute approximate surface area is 171 Å². The summed E-state index contributed by atoms with van der Waals surface area (Å²) in [4.78, 5) is 38.9. The van der Waals surface area contributed by atoms with Crippen molar-refractivity contribution in [2.75, 3.05) is 25.6 Å². The molecule has 4 atom stereocenters. The van der Waals surface area contributed by atoms with E-state index in [2.05, 4.69) is 19.2 Å². The van der Waals surface area contributed by atoms with E-state index in [9.17, 15) is 14.4 Å². The number of hydrogen-bond donors (Lipinski definition) is 1. The number of nitrogens with zero attached hydrogens (tertiary/aromatic N) is 1. The average Bonchev–Trinajstić information content (AvgIpc) is 3.10. The van der Waals surface area contributed by atoms with E-state index in [0.29, 0.717) is 29.8 Å². The Hall–Kier alpha value is -2.57. The second-order valence-corrected chi connectivity index (χ2v) is 8.17. The number of methoxy groups -OCH3 is 1. The molecule has 2 aliphatic rings. The van der Waals surface area contributed by atoms with Crippen LogP contribution in [0, 0.1) is 17.8 Å². The number of benzene rings is 1. The van der Waals surface area contributed by atoms with Crippen LogP contribution in [-0.2, 0) is 19.1 Å². The predicted octanol–water partition coefficient (Wildman–Crippen LogP) is 2.85. The Morgan fingerprint density at radius 2 is 2.03 bits per heavy atom. The highest BCUT2D eigenvalue weighted by atomic mass is 16.5. The van der Waals surface area contributed by atoms with Crippen molar-refractivity contribution in [3.05, 3.63) is 24.3 Å². The van der Waals surface area contributed by atoms with Gasteiger partial charge in [-0.1, -0.05) is 32.8 Å². The fourth-order valence-corrected chi connectivity index (χ4v) is 4.36. The number of anilines is 1. The quantitative estimate of drug-likeness (QED) is 0.740. The molecule has 2 fully saturated rings. The monoisotopic (exact) mass is 402 g/mol. The van der Waals surface area contributed by atoms with Crippen LogP contribution in [-0.4, -0.2) is 49.0 Å². The van der Waals surface area contributed by atoms with Crippen molar-refractivity contribution in [1.82, 2.24) is 4.90 Å². The van der Waals surface area contributed by atoms with E-state index in [1.807, 2.05) is 4.90 Å². The van der Waals surface area contributed by atoms with Gasteiger partial charge in [0.05, 0.1) is 13.0 Å². The molecule has 0 unspecified atom stereocenters. The van der Waals surface area contributed by atoms with Crippen LogP contribution in [0.4, 0.5) is 5.69 Å². The Bertz CT molecular complexity index is 765. The maximum Gasteiger partial charge on any atom is 0.311 e. The van der Waals surface area contributed by atoms with Gasteiger partial charge in [-0.2, -0.15) is 0 Å². The van der Waals surface area contributed by atoms with E-state index in [0.717, 1.165) is 12.8 Å². The van der Waals surface area contributed by atoms with Crippen LogP contribution in [0.25, 0.3) is 0 Å². The van der Waals surface area contributed by atoms with Gasteiger partial charge >= 0.3 is 5.97 Å². The molecule has 7 heteroatoms. The topological polar surface area (TPSA) is 84.9 Å². The van der Waals surface area contributed by atoms with Crippen molar-refractivity contribution in [3.63, 3.8) is 0 Å². The van der Waals surface area contributed by atoms with Gasteiger partial charge in [0.25, 0.3) is 5.91 Å². The largest absolute Gasteiger partial charge is 0.497 e. The molecule has 1 saturated heterocycles. The minimum absolute atomic E-state index is 0.0127. The van der Waals surface area contributed by atoms with Crippen LogP contribution in [0.1, 0.15) is 39.5 Å². The van der Waals surface area contributed by atoms with Crippen LogP contribution in [0.2, 0.25) is 0 Å². The number of carbonyl (C=O) groups excluding carboxylic acids is 3. The summed E-state index contributed by atoms with van der Waals surface area (Å²) in [5, 5.41) is 2.67. The Kier molecular flexibility index (Phi) is 6.77. The molecule has 1 aliphatic carbocycles. The van der Waals surface area contributed by atoms with Crippen LogP contribution in [0.3, 0.4) is 0 Å². The van der Waals surface area contributed by atoms with Gasteiger partial charge in [-0.25, -0.2) is 0 Å². The molecule has 158 valence electrons. The first-order chi connectivity index (χ1) is 13.9. The third kappa shape index (κ3) is 5.08. The lowest BCUT2D eigenvalue weighted by molar-refractivity contribution is -0.151. The van der Waals surface area contributed by atoms with Crippen molar-refractivity contribution in [2.24, 2.45) is 17.8 Å². The Morgan fingerprint density at radius 3 is 2.79 bits per heavy atom. The molecular weight excluding hydrogens is 372 g/mol. The smallest absolute Gasteiger partial charge is 0.311 e. The number of nitrogens with one attached hydrogen (secondary N) is 1. The van der Waals surface area contributed by atoms with Gasteiger partial charge in [-0.15, -0.1) is 0 Å². The zero-order chi connectivity index (χ0) is 21.0. The first-order valence-corrected chi connectivity index (χ1v) is 10.3. The van der Waals surface area contributed by atoms with Crippen molar-refractivity contribution >= 4 is 23.5 Å². The lowest BCUT2D eigenvalue weighted by atomic mass is 9.77. The lowest BCUT2D eigenvalue weighted by Gasteiger charge is -2.39. The van der Waals surface area contributed by atoms with E-state index in [1.54, 1.807) is 31.4 Å². The molecule has 0 bridgehead atoms. The maximum atomic E-state index is 12.5. The number of carbonyl (C=O) groups is 3. The number of likely N-dealkylation sites (tertiary alicyclic amines) is 1. The average molecular weight is 402 g/mol. The van der Waals surface area contributed by atoms with Gasteiger partial charge in [0.1, 0.15) is 5.75 Å². The summed E-state index contributed by atoms with van der Waals surface area (Å²) < 4.78 is 10.3. The highest BCUT2D eigenvalue weighted by Gasteiger charge is 2.42. The van der Waals surface area contributed by atoms with Gasteiger partial charge in [-0.3, -0.25) is 14.4 Å². The first-order valence-electron chi connectivity index (χ1n) is 10.3. The maximum absolute atomic E-state index is 12.5. The van der Waals surface area contributed by atoms with Crippen molar-refractivity contribution in [3.8, 4) is 5.75 Å². The Balaban J connectivity index is 1.49. The third-order valence-corrected chi connectivity index (χ3v) is 6.25. The summed E-state index contributed by atoms with van der Waals surface area (Å²) in [5.41, 5.74) is 0.563. The summed E-state index contributed by atoms with van der Waals surface area (Å²) >= 11 is 0. The van der Waals surface area contributed by atoms with Gasteiger partial charge < -0.3 is 19.7 Å². The number of hydrogen-bond acceptors (Lipinski definition) is 5. The number of esters is 1. The lowest BCUT2D eigenvalue weighted by Crippen LogP contribution is -2.45. The molecule has 1 aromatic rings. The molecule has 0 aromatic heterocycles. The van der Waals surface area contributed by atoms with Gasteiger partial charge in [0.15, 0.2) is 6.61 Å². The van der Waals surface area contributed by atoms with Crippen LogP contribution in [0.5, 0.6) is 5.75 Å². The fourth-order valence-electron chi connectivity index (χ4n) is 4.36. The van der Waals surface area contributed by atoms with Crippen molar-refractivity contribution < 1.29 is 23.9 Å². The van der Waals surface area contributed by atoms with Crippen LogP contribution < -0.4 is 10.1 Å². The van der Waals surface area contributed by atoms with Crippen LogP contribution in [0.15, 0.2) is 24.3 Å². The fraction of sp³-hybridized carbons (Fsp3) is 0.591. The summed E-state index contributed by atoms with van der Waals surface area (Å²) in [6.07, 6.45) is 3.45. The van der Waals surface area contributed by atoms with Crippen LogP contribution >= 0.6 is 0 Å². The molecule has 1 saturated carbocycles. The van der Waals surface area contributed by atoms with Gasteiger partial charge in [0.2, 0.25) is 5.91 Å². The highest BCUT2D eigenvalue weighted by molar-refractivity contribution is 5.93. The molecule has 1 N–H and O–H groups in total. The standard InChI is InChI=1S/C22H30N2O5/c1-14-6-4-9-19(15(14)2)24-12-16(10-21(24)26)22(27)29-13-20(25)23-17-7-5-8-18(11-17)28-3/h5,7-8,11,14-16,19H,4,6,9-10,12-13H2,1-3H3,(H,23,25)/t14-,15+,16+,19-/m0/s1. The highest BCUT2D eigenvalue weighted by Crippen LogP contribution is 2.35. The molecule has 2 amide bonds. The van der Waals surface area contributed by atoms with E-state index in [1.165, 1.54) is 6.42 Å². The molecule has 29 heavy (non-hydrogen) atoms. The van der Waals surface area contributed by atoms with Crippen molar-refractivity contribution in [2.45, 2.75) is 45.6 Å². The number of amides is 2. The summed E-state index contributed by atoms with van der Waals surface area (Å²) in [7, 11) is 1.55. The van der Waals surface area contributed by atoms with E-state index in [-0.39, 0.29) is 25.0 Å². The van der Waals surface area contributed by atoms with E-state index in [4.69, 9.17) is 9.47 Å². The first kappa shape index (κ1) is 21.1. The molecule has 3 rings (SSSR count). The summed E-state index contributed by atoms with van der Waals surface area (Å²) in [6.45, 7) is 4.43. The van der Waals surface area contributed by atoms with Gasteiger partial charge in [0, 0.05) is 30.8 Å². The second kappa shape index (κ2) is 9.29. The number of rotatable bonds is 6. The minimum Gasteiger partial charge on any atom is -0.497 e. The van der Waals surface area contributed by atoms with E-state index < -0.39 is 17.8 Å². The SMILES string of the molecule is COc1cccc(NC(=O)COC(=O)[C@@H]2CC(=O)N([C@H]3CCC[C@H](C)[C@H]3C)C2)c1. The van der Waals surface area contributed by atoms with Gasteiger partial charge in [-0.05, 0) is 30.4 Å². The van der Waals surface area contributed by atoms with E-state index >= 15 is 0 Å². The zero-order valence-electron chi connectivity index (χ0n) is 17.3. The predicted molar refractivity (Wildman–Crippen MR) is 108 cm³/mol. The normalized spacial score (nSPS) is 26.9. The van der Waals surface area contributed by atoms with Crippen molar-refractivity contribution in [1.29, 1.82) is 0 Å². The minimum atomic E-state index is -0.503. The second-order valence-electron chi connectivity index (χ2n) is 8.17. The number of ether oxygens (including phenoxy) is 2. The molecule has 7 nitrogen and oxygen atoms in total. The molecule has 0 radical (unpaired) electrons. The molecule has 1 aromatic carbocycles. The Morgan fingerprint density at radius 1 is 1.24 bits per heavy atom. The molecular formula is C22H30N2O5. The molecule has 1 heterocycles. The third-order valence-electron chi connectivity index (χ3n) is 6.25. The molecule has 0 spiro atoms. The summed E-state index contributed by atoms with van der Waals surface area (Å²) in [6, 6.07) is 7.13.